The van der Waals surface area contributed by atoms with Crippen LogP contribution in [-0.2, 0) is 11.3 Å². The molecule has 0 saturated carbocycles. The fourth-order valence-electron chi connectivity index (χ4n) is 4.89. The molecular formula is C19H31FN10O2. The van der Waals surface area contributed by atoms with Gasteiger partial charge in [-0.05, 0) is 19.9 Å². The fraction of sp³-hybridized carbons (Fsp3) is 0.737. The molecule has 4 aliphatic heterocycles. The molecule has 4 aliphatic rings. The number of aromatic nitrogens is 2. The number of piperazine rings is 1. The topological polar surface area (TPSA) is 137 Å². The summed E-state index contributed by atoms with van der Waals surface area (Å²) in [7, 11) is 0. The maximum atomic E-state index is 13.7. The lowest BCUT2D eigenvalue weighted by molar-refractivity contribution is 0.0682. The Morgan fingerprint density at radius 2 is 2.09 bits per heavy atom. The van der Waals surface area contributed by atoms with Gasteiger partial charge in [-0.1, -0.05) is 0 Å². The Morgan fingerprint density at radius 1 is 1.28 bits per heavy atom. The van der Waals surface area contributed by atoms with Gasteiger partial charge in [-0.25, -0.2) is 9.07 Å². The van der Waals surface area contributed by atoms with Crippen LogP contribution in [0.5, 0.6) is 0 Å². The van der Waals surface area contributed by atoms with Gasteiger partial charge in [0.1, 0.15) is 17.6 Å². The standard InChI is InChI=1S/C19H31FN10O2/c1-11-25-26-19(32-11)29-6-4-28(5-7-29)14-2-3-22-9-13(14)24-18(31)15-16(21)27-30-10-12(20)8-23-17(15)30/h11-14,22-23,25H,2-10H2,1H3,(H2,21,27)(H,24,31). The summed E-state index contributed by atoms with van der Waals surface area (Å²) in [4.78, 5) is 17.7. The first-order valence-corrected chi connectivity index (χ1v) is 11.2. The van der Waals surface area contributed by atoms with Crippen molar-refractivity contribution in [2.24, 2.45) is 5.10 Å². The molecule has 12 nitrogen and oxygen atoms in total. The van der Waals surface area contributed by atoms with E-state index < -0.39 is 6.17 Å². The second kappa shape index (κ2) is 8.62. The number of amidine groups is 1. The molecular weight excluding hydrogens is 419 g/mol. The highest BCUT2D eigenvalue weighted by Crippen LogP contribution is 2.26. The normalized spacial score (nSPS) is 30.6. The molecule has 4 unspecified atom stereocenters. The van der Waals surface area contributed by atoms with Crippen molar-refractivity contribution in [3.8, 4) is 0 Å². The van der Waals surface area contributed by atoms with Crippen molar-refractivity contribution in [2.45, 2.75) is 44.4 Å². The zero-order valence-electron chi connectivity index (χ0n) is 18.2. The van der Waals surface area contributed by atoms with E-state index in [-0.39, 0.29) is 43.1 Å². The second-order valence-corrected chi connectivity index (χ2v) is 8.72. The van der Waals surface area contributed by atoms with Crippen LogP contribution >= 0.6 is 0 Å². The fourth-order valence-corrected chi connectivity index (χ4v) is 4.89. The number of ether oxygens (including phenoxy) is 1. The van der Waals surface area contributed by atoms with Gasteiger partial charge in [0.15, 0.2) is 12.0 Å². The first kappa shape index (κ1) is 21.1. The van der Waals surface area contributed by atoms with E-state index in [1.807, 2.05) is 6.92 Å². The van der Waals surface area contributed by atoms with Crippen LogP contribution in [0.1, 0.15) is 23.7 Å². The third-order valence-electron chi connectivity index (χ3n) is 6.51. The number of alkyl halides is 1. The lowest BCUT2D eigenvalue weighted by Gasteiger charge is -2.44. The van der Waals surface area contributed by atoms with E-state index in [1.54, 1.807) is 0 Å². The second-order valence-electron chi connectivity index (χ2n) is 8.72. The van der Waals surface area contributed by atoms with Gasteiger partial charge in [0, 0.05) is 45.3 Å². The number of hydrogen-bond acceptors (Lipinski definition) is 10. The third kappa shape index (κ3) is 4.01. The number of carbonyl (C=O) groups is 1. The SMILES string of the molecule is CC1NN=C(N2CCN(C3CCNCC3NC(=O)c3c(N)nn4c3NCC(F)C4)CC2)O1. The lowest BCUT2D eigenvalue weighted by atomic mass is 9.97. The van der Waals surface area contributed by atoms with E-state index in [4.69, 9.17) is 10.5 Å². The first-order valence-electron chi connectivity index (χ1n) is 11.2. The minimum absolute atomic E-state index is 0.0722. The minimum Gasteiger partial charge on any atom is -0.439 e. The minimum atomic E-state index is -1.05. The van der Waals surface area contributed by atoms with E-state index >= 15 is 0 Å². The highest BCUT2D eigenvalue weighted by atomic mass is 19.1. The number of hydrazone groups is 1. The lowest BCUT2D eigenvalue weighted by Crippen LogP contribution is -2.63. The maximum Gasteiger partial charge on any atom is 0.311 e. The molecule has 6 N–H and O–H groups in total. The van der Waals surface area contributed by atoms with Crippen molar-refractivity contribution in [2.75, 3.05) is 56.9 Å². The Morgan fingerprint density at radius 3 is 2.84 bits per heavy atom. The summed E-state index contributed by atoms with van der Waals surface area (Å²) < 4.78 is 20.8. The number of amides is 1. The van der Waals surface area contributed by atoms with Gasteiger partial charge >= 0.3 is 6.02 Å². The number of nitrogens with zero attached hydrogens (tertiary/aromatic N) is 5. The number of anilines is 2. The van der Waals surface area contributed by atoms with Gasteiger partial charge in [-0.3, -0.25) is 15.1 Å². The Labute approximate surface area is 185 Å². The van der Waals surface area contributed by atoms with E-state index in [2.05, 4.69) is 41.4 Å². The summed E-state index contributed by atoms with van der Waals surface area (Å²) in [6.45, 7) is 7.10. The Balaban J connectivity index is 1.23. The average Bonchev–Trinajstić information content (AvgIpc) is 3.36. The van der Waals surface area contributed by atoms with Crippen molar-refractivity contribution in [1.29, 1.82) is 0 Å². The summed E-state index contributed by atoms with van der Waals surface area (Å²) in [6.07, 6.45) is -0.216. The average molecular weight is 451 g/mol. The molecule has 0 bridgehead atoms. The summed E-state index contributed by atoms with van der Waals surface area (Å²) in [5.41, 5.74) is 9.24. The maximum absolute atomic E-state index is 13.7. The van der Waals surface area contributed by atoms with Crippen LogP contribution in [0.4, 0.5) is 16.0 Å². The Hall–Kier alpha value is -2.80. The zero-order chi connectivity index (χ0) is 22.2. The number of nitrogens with one attached hydrogen (secondary N) is 4. The van der Waals surface area contributed by atoms with Gasteiger partial charge in [0.25, 0.3) is 5.91 Å². The van der Waals surface area contributed by atoms with Crippen molar-refractivity contribution in [1.82, 2.24) is 35.6 Å². The monoisotopic (exact) mass is 450 g/mol. The molecule has 4 atom stereocenters. The number of fused-ring (bicyclic) bond motifs is 1. The predicted molar refractivity (Wildman–Crippen MR) is 117 cm³/mol. The molecule has 1 aromatic rings. The number of nitrogens with two attached hydrogens (primary N) is 1. The number of nitrogen functional groups attached to an aromatic ring is 1. The smallest absolute Gasteiger partial charge is 0.311 e. The van der Waals surface area contributed by atoms with Crippen LogP contribution in [0.2, 0.25) is 0 Å². The van der Waals surface area contributed by atoms with Gasteiger partial charge in [0.05, 0.1) is 12.6 Å². The van der Waals surface area contributed by atoms with Crippen LogP contribution < -0.4 is 27.1 Å². The molecule has 2 fully saturated rings. The number of carbonyl (C=O) groups excluding carboxylic acids is 1. The molecule has 0 radical (unpaired) electrons. The van der Waals surface area contributed by atoms with Crippen molar-refractivity contribution in [3.63, 3.8) is 0 Å². The van der Waals surface area contributed by atoms with Crippen LogP contribution in [0, 0.1) is 0 Å². The summed E-state index contributed by atoms with van der Waals surface area (Å²) in [5.74, 6) is 0.330. The molecule has 5 rings (SSSR count). The molecule has 1 aromatic heterocycles. The molecule has 0 aromatic carbocycles. The molecule has 1 amide bonds. The molecule has 32 heavy (non-hydrogen) atoms. The van der Waals surface area contributed by atoms with Crippen LogP contribution in [-0.4, -0.2) is 102 Å². The van der Waals surface area contributed by atoms with E-state index in [1.165, 1.54) is 4.68 Å². The van der Waals surface area contributed by atoms with Crippen molar-refractivity contribution >= 4 is 23.6 Å². The highest BCUT2D eigenvalue weighted by Gasteiger charge is 2.36. The highest BCUT2D eigenvalue weighted by molar-refractivity contribution is 6.03. The van der Waals surface area contributed by atoms with Gasteiger partial charge in [0.2, 0.25) is 0 Å². The van der Waals surface area contributed by atoms with Crippen LogP contribution in [0.15, 0.2) is 5.10 Å². The van der Waals surface area contributed by atoms with Gasteiger partial charge in [-0.2, -0.15) is 5.10 Å². The molecule has 2 saturated heterocycles. The predicted octanol–water partition coefficient (Wildman–Crippen LogP) is -1.46. The largest absolute Gasteiger partial charge is 0.439 e. The molecule has 176 valence electrons. The molecule has 0 spiro atoms. The Bertz CT molecular complexity index is 884. The molecule has 13 heteroatoms. The Kier molecular flexibility index (Phi) is 5.67. The first-order chi connectivity index (χ1) is 15.5. The quantitative estimate of drug-likeness (QED) is 0.374. The zero-order valence-corrected chi connectivity index (χ0v) is 18.2. The third-order valence-corrected chi connectivity index (χ3v) is 6.51. The summed E-state index contributed by atoms with van der Waals surface area (Å²) in [5, 5.41) is 17.9. The van der Waals surface area contributed by atoms with E-state index in [9.17, 15) is 9.18 Å². The van der Waals surface area contributed by atoms with Gasteiger partial charge < -0.3 is 31.3 Å². The number of halogens is 1. The van der Waals surface area contributed by atoms with E-state index in [0.29, 0.717) is 23.9 Å². The van der Waals surface area contributed by atoms with Crippen LogP contribution in [0.3, 0.4) is 0 Å². The van der Waals surface area contributed by atoms with Gasteiger partial charge in [-0.15, -0.1) is 5.10 Å². The number of piperidine rings is 1. The summed E-state index contributed by atoms with van der Waals surface area (Å²) in [6, 6.07) is 0.787. The van der Waals surface area contributed by atoms with E-state index in [0.717, 1.165) is 39.1 Å². The van der Waals surface area contributed by atoms with Crippen LogP contribution in [0.25, 0.3) is 0 Å². The molecule has 5 heterocycles. The number of rotatable bonds is 3. The van der Waals surface area contributed by atoms with Crippen molar-refractivity contribution < 1.29 is 13.9 Å². The number of hydrogen-bond donors (Lipinski definition) is 5. The molecule has 0 aliphatic carbocycles. The van der Waals surface area contributed by atoms with Crippen molar-refractivity contribution in [3.05, 3.63) is 5.56 Å². The summed E-state index contributed by atoms with van der Waals surface area (Å²) >= 11 is 0.